The molecule has 1 saturated carbocycles. The highest BCUT2D eigenvalue weighted by Crippen LogP contribution is 2.28. The molecule has 0 N–H and O–H groups in total. The summed E-state index contributed by atoms with van der Waals surface area (Å²) in [6.45, 7) is 3.59. The second-order valence-corrected chi connectivity index (χ2v) is 5.13. The van der Waals surface area contributed by atoms with Crippen molar-refractivity contribution in [2.75, 3.05) is 26.8 Å². The third kappa shape index (κ3) is 5.02. The Morgan fingerprint density at radius 2 is 2.35 bits per heavy atom. The smallest absolute Gasteiger partial charge is 0.129 e. The van der Waals surface area contributed by atoms with Crippen LogP contribution in [0.1, 0.15) is 18.4 Å². The van der Waals surface area contributed by atoms with Crippen molar-refractivity contribution < 1.29 is 4.74 Å². The van der Waals surface area contributed by atoms with Gasteiger partial charge in [0.25, 0.3) is 0 Å². The van der Waals surface area contributed by atoms with Gasteiger partial charge >= 0.3 is 0 Å². The van der Waals surface area contributed by atoms with E-state index in [0.29, 0.717) is 5.15 Å². The monoisotopic (exact) mass is 254 g/mol. The molecule has 3 nitrogen and oxygen atoms in total. The molecule has 1 fully saturated rings. The molecular weight excluding hydrogens is 236 g/mol. The lowest BCUT2D eigenvalue weighted by Gasteiger charge is -2.16. The van der Waals surface area contributed by atoms with Crippen LogP contribution >= 0.6 is 11.6 Å². The van der Waals surface area contributed by atoms with Crippen molar-refractivity contribution in [3.8, 4) is 0 Å². The summed E-state index contributed by atoms with van der Waals surface area (Å²) in [5.74, 6) is 0.847. The standard InChI is InChI=1S/C13H19ClN2O/c1-16(6-7-17-10-11-2-3-11)9-12-4-5-15-13(14)8-12/h4-5,8,11H,2-3,6-7,9-10H2,1H3. The highest BCUT2D eigenvalue weighted by Gasteiger charge is 2.20. The van der Waals surface area contributed by atoms with Gasteiger partial charge in [-0.15, -0.1) is 0 Å². The van der Waals surface area contributed by atoms with Gasteiger partial charge in [0, 0.05) is 25.9 Å². The van der Waals surface area contributed by atoms with Gasteiger partial charge in [-0.05, 0) is 43.5 Å². The second kappa shape index (κ2) is 6.34. The summed E-state index contributed by atoms with van der Waals surface area (Å²) >= 11 is 5.84. The van der Waals surface area contributed by atoms with E-state index >= 15 is 0 Å². The van der Waals surface area contributed by atoms with Crippen LogP contribution in [-0.2, 0) is 11.3 Å². The first-order valence-corrected chi connectivity index (χ1v) is 6.48. The van der Waals surface area contributed by atoms with Gasteiger partial charge in [0.15, 0.2) is 0 Å². The van der Waals surface area contributed by atoms with Crippen LogP contribution in [0.5, 0.6) is 0 Å². The zero-order chi connectivity index (χ0) is 12.1. The molecule has 0 aromatic carbocycles. The van der Waals surface area contributed by atoms with E-state index < -0.39 is 0 Å². The number of likely N-dealkylation sites (N-methyl/N-ethyl adjacent to an activating group) is 1. The molecule has 0 atom stereocenters. The van der Waals surface area contributed by atoms with E-state index in [1.54, 1.807) is 6.20 Å². The number of halogens is 1. The fourth-order valence-corrected chi connectivity index (χ4v) is 1.88. The molecule has 1 aliphatic rings. The largest absolute Gasteiger partial charge is 0.380 e. The molecule has 1 heterocycles. The maximum Gasteiger partial charge on any atom is 0.129 e. The van der Waals surface area contributed by atoms with Crippen LogP contribution in [0.2, 0.25) is 5.15 Å². The summed E-state index contributed by atoms with van der Waals surface area (Å²) in [7, 11) is 2.09. The summed E-state index contributed by atoms with van der Waals surface area (Å²) in [5.41, 5.74) is 1.19. The molecule has 1 aromatic heterocycles. The summed E-state index contributed by atoms with van der Waals surface area (Å²) in [4.78, 5) is 6.21. The quantitative estimate of drug-likeness (QED) is 0.553. The molecule has 2 rings (SSSR count). The van der Waals surface area contributed by atoms with Crippen molar-refractivity contribution in [2.24, 2.45) is 5.92 Å². The predicted molar refractivity (Wildman–Crippen MR) is 69.1 cm³/mol. The van der Waals surface area contributed by atoms with Crippen molar-refractivity contribution >= 4 is 11.6 Å². The molecule has 1 aromatic rings. The maximum absolute atomic E-state index is 5.84. The SMILES string of the molecule is CN(CCOCC1CC1)Cc1ccnc(Cl)c1. The van der Waals surface area contributed by atoms with Crippen LogP contribution in [0.4, 0.5) is 0 Å². The molecule has 0 aliphatic heterocycles. The first kappa shape index (κ1) is 12.8. The Kier molecular flexibility index (Phi) is 4.77. The predicted octanol–water partition coefficient (Wildman–Crippen LogP) is 2.59. The van der Waals surface area contributed by atoms with Gasteiger partial charge in [0.2, 0.25) is 0 Å². The molecule has 0 radical (unpaired) electrons. The van der Waals surface area contributed by atoms with Gasteiger partial charge in [-0.3, -0.25) is 4.90 Å². The minimum Gasteiger partial charge on any atom is -0.380 e. The van der Waals surface area contributed by atoms with Crippen LogP contribution in [0.15, 0.2) is 18.3 Å². The van der Waals surface area contributed by atoms with Gasteiger partial charge in [-0.2, -0.15) is 0 Å². The number of hydrogen-bond donors (Lipinski definition) is 0. The minimum absolute atomic E-state index is 0.556. The van der Waals surface area contributed by atoms with Crippen molar-refractivity contribution in [1.82, 2.24) is 9.88 Å². The summed E-state index contributed by atoms with van der Waals surface area (Å²) in [5, 5.41) is 0.556. The van der Waals surface area contributed by atoms with Crippen molar-refractivity contribution in [3.05, 3.63) is 29.0 Å². The molecule has 94 valence electrons. The zero-order valence-electron chi connectivity index (χ0n) is 10.2. The van der Waals surface area contributed by atoms with Crippen LogP contribution < -0.4 is 0 Å². The summed E-state index contributed by atoms with van der Waals surface area (Å²) in [6.07, 6.45) is 4.45. The highest BCUT2D eigenvalue weighted by molar-refractivity contribution is 6.29. The number of ether oxygens (including phenoxy) is 1. The van der Waals surface area contributed by atoms with Gasteiger partial charge in [-0.1, -0.05) is 11.6 Å². The van der Waals surface area contributed by atoms with Gasteiger partial charge in [0.05, 0.1) is 6.61 Å². The van der Waals surface area contributed by atoms with Gasteiger partial charge in [-0.25, -0.2) is 4.98 Å². The van der Waals surface area contributed by atoms with E-state index in [0.717, 1.165) is 32.2 Å². The molecular formula is C13H19ClN2O. The lowest BCUT2D eigenvalue weighted by Crippen LogP contribution is -2.23. The Hall–Kier alpha value is -0.640. The first-order chi connectivity index (χ1) is 8.24. The molecule has 0 saturated heterocycles. The number of aromatic nitrogens is 1. The summed E-state index contributed by atoms with van der Waals surface area (Å²) < 4.78 is 5.61. The first-order valence-electron chi connectivity index (χ1n) is 6.11. The molecule has 17 heavy (non-hydrogen) atoms. The second-order valence-electron chi connectivity index (χ2n) is 4.74. The highest BCUT2D eigenvalue weighted by atomic mass is 35.5. The minimum atomic E-state index is 0.556. The van der Waals surface area contributed by atoms with Gasteiger partial charge in [0.1, 0.15) is 5.15 Å². The van der Waals surface area contributed by atoms with Crippen LogP contribution in [0.3, 0.4) is 0 Å². The molecule has 0 unspecified atom stereocenters. The van der Waals surface area contributed by atoms with E-state index in [9.17, 15) is 0 Å². The zero-order valence-corrected chi connectivity index (χ0v) is 11.0. The maximum atomic E-state index is 5.84. The molecule has 0 bridgehead atoms. The van der Waals surface area contributed by atoms with Crippen LogP contribution in [0.25, 0.3) is 0 Å². The molecule has 4 heteroatoms. The summed E-state index contributed by atoms with van der Waals surface area (Å²) in [6, 6.07) is 3.90. The van der Waals surface area contributed by atoms with Crippen molar-refractivity contribution in [3.63, 3.8) is 0 Å². The Morgan fingerprint density at radius 1 is 1.53 bits per heavy atom. The lowest BCUT2D eigenvalue weighted by molar-refractivity contribution is 0.102. The molecule has 0 spiro atoms. The lowest BCUT2D eigenvalue weighted by atomic mass is 10.2. The molecule has 1 aliphatic carbocycles. The topological polar surface area (TPSA) is 25.4 Å². The Morgan fingerprint density at radius 3 is 3.06 bits per heavy atom. The van der Waals surface area contributed by atoms with E-state index in [2.05, 4.69) is 16.9 Å². The van der Waals surface area contributed by atoms with E-state index in [1.165, 1.54) is 18.4 Å². The van der Waals surface area contributed by atoms with Crippen molar-refractivity contribution in [1.29, 1.82) is 0 Å². The Bertz CT molecular complexity index is 355. The van der Waals surface area contributed by atoms with Crippen LogP contribution in [-0.4, -0.2) is 36.7 Å². The third-order valence-electron chi connectivity index (χ3n) is 2.91. The number of rotatable bonds is 7. The van der Waals surface area contributed by atoms with Crippen LogP contribution in [0, 0.1) is 5.92 Å². The normalized spacial score (nSPS) is 15.5. The number of pyridine rings is 1. The van der Waals surface area contributed by atoms with Crippen molar-refractivity contribution in [2.45, 2.75) is 19.4 Å². The van der Waals surface area contributed by atoms with E-state index in [1.807, 2.05) is 12.1 Å². The Labute approximate surface area is 108 Å². The fraction of sp³-hybridized carbons (Fsp3) is 0.615. The third-order valence-corrected chi connectivity index (χ3v) is 3.12. The Balaban J connectivity index is 1.63. The number of hydrogen-bond acceptors (Lipinski definition) is 3. The van der Waals surface area contributed by atoms with Gasteiger partial charge < -0.3 is 4.74 Å². The van der Waals surface area contributed by atoms with E-state index in [-0.39, 0.29) is 0 Å². The molecule has 0 amide bonds. The average Bonchev–Trinajstić information content (AvgIpc) is 3.08. The average molecular weight is 255 g/mol. The number of nitrogens with zero attached hydrogens (tertiary/aromatic N) is 2. The fourth-order valence-electron chi connectivity index (χ4n) is 1.69. The van der Waals surface area contributed by atoms with E-state index in [4.69, 9.17) is 16.3 Å².